The van der Waals surface area contributed by atoms with Crippen LogP contribution in [0.15, 0.2) is 67.4 Å². The fourth-order valence-corrected chi connectivity index (χ4v) is 4.99. The standard InChI is InChI=1S/C28H30N7O5P/c1-5-39-41(37,38)40-19(2)35-18-26(20-8-9-31-23(11-20)14-29)25-13-22(16-32-28(25)35)21-12-24(17-30-15-21)33-27(36)7-6-10-34(3)4/h6-9,11-13,15-19H,5,10H2,1-4H3,(H,33,36)(H,37,38)/b7-6+. The van der Waals surface area contributed by atoms with Crippen LogP contribution in [-0.4, -0.2) is 62.5 Å². The van der Waals surface area contributed by atoms with E-state index in [1.165, 1.54) is 12.3 Å². The number of carbonyl (C=O) groups is 1. The molecule has 4 heterocycles. The lowest BCUT2D eigenvalue weighted by molar-refractivity contribution is -0.111. The molecule has 4 aromatic rings. The maximum Gasteiger partial charge on any atom is 0.474 e. The van der Waals surface area contributed by atoms with Gasteiger partial charge in [0.05, 0.1) is 18.5 Å². The number of hydrogen-bond acceptors (Lipinski definition) is 9. The lowest BCUT2D eigenvalue weighted by Gasteiger charge is -2.18. The molecule has 41 heavy (non-hydrogen) atoms. The number of rotatable bonds is 11. The van der Waals surface area contributed by atoms with Crippen molar-refractivity contribution in [2.45, 2.75) is 20.1 Å². The van der Waals surface area contributed by atoms with Crippen molar-refractivity contribution in [2.75, 3.05) is 32.6 Å². The Morgan fingerprint density at radius 1 is 1.22 bits per heavy atom. The maximum absolute atomic E-state index is 12.3. The van der Waals surface area contributed by atoms with E-state index < -0.39 is 14.1 Å². The van der Waals surface area contributed by atoms with Crippen LogP contribution < -0.4 is 5.32 Å². The Morgan fingerprint density at radius 2 is 2.00 bits per heavy atom. The van der Waals surface area contributed by atoms with Crippen molar-refractivity contribution in [3.63, 3.8) is 0 Å². The monoisotopic (exact) mass is 575 g/mol. The van der Waals surface area contributed by atoms with Crippen LogP contribution in [0.2, 0.25) is 0 Å². The molecule has 0 spiro atoms. The molecule has 0 fully saturated rings. The number of aromatic nitrogens is 4. The number of carbonyl (C=O) groups excluding carboxylic acids is 1. The lowest BCUT2D eigenvalue weighted by Crippen LogP contribution is -2.13. The Bertz CT molecular complexity index is 1680. The summed E-state index contributed by atoms with van der Waals surface area (Å²) in [6, 6.07) is 9.14. The Labute approximate surface area is 237 Å². The molecule has 0 saturated carbocycles. The fraction of sp³-hybridized carbons (Fsp3) is 0.250. The van der Waals surface area contributed by atoms with Crippen molar-refractivity contribution in [1.82, 2.24) is 24.4 Å². The van der Waals surface area contributed by atoms with Crippen molar-refractivity contribution in [2.24, 2.45) is 0 Å². The first-order valence-corrected chi connectivity index (χ1v) is 14.2. The molecule has 2 unspecified atom stereocenters. The summed E-state index contributed by atoms with van der Waals surface area (Å²) in [5.74, 6) is -0.271. The Hall–Kier alpha value is -4.24. The number of fused-ring (bicyclic) bond motifs is 1. The average molecular weight is 576 g/mol. The Balaban J connectivity index is 1.75. The second-order valence-electron chi connectivity index (χ2n) is 9.29. The van der Waals surface area contributed by atoms with Gasteiger partial charge in [0.1, 0.15) is 23.6 Å². The number of nitrogens with one attached hydrogen (secondary N) is 1. The first-order chi connectivity index (χ1) is 19.6. The fourth-order valence-electron chi connectivity index (χ4n) is 4.11. The lowest BCUT2D eigenvalue weighted by atomic mass is 10.0. The maximum atomic E-state index is 12.3. The second kappa shape index (κ2) is 13.0. The predicted octanol–water partition coefficient (Wildman–Crippen LogP) is 4.76. The highest BCUT2D eigenvalue weighted by Gasteiger charge is 2.26. The SMILES string of the molecule is CCOP(=O)(O)OC(C)n1cc(-c2ccnc(C#N)c2)c2cc(-c3cncc(NC(=O)/C=C/CN(C)C)c3)cnc21. The molecule has 0 aliphatic rings. The van der Waals surface area contributed by atoms with E-state index in [-0.39, 0.29) is 18.2 Å². The van der Waals surface area contributed by atoms with Crippen LogP contribution in [0.25, 0.3) is 33.3 Å². The third kappa shape index (κ3) is 7.49. The first-order valence-electron chi connectivity index (χ1n) is 12.7. The van der Waals surface area contributed by atoms with Crippen molar-refractivity contribution in [3.05, 3.63) is 73.1 Å². The molecule has 4 aromatic heterocycles. The summed E-state index contributed by atoms with van der Waals surface area (Å²) in [4.78, 5) is 37.3. The molecule has 212 valence electrons. The smallest absolute Gasteiger partial charge is 0.321 e. The third-order valence-electron chi connectivity index (χ3n) is 5.90. The second-order valence-corrected chi connectivity index (χ2v) is 10.7. The summed E-state index contributed by atoms with van der Waals surface area (Å²) >= 11 is 0. The topological polar surface area (TPSA) is 155 Å². The summed E-state index contributed by atoms with van der Waals surface area (Å²) in [5, 5.41) is 12.9. The summed E-state index contributed by atoms with van der Waals surface area (Å²) in [7, 11) is -0.479. The van der Waals surface area contributed by atoms with E-state index in [4.69, 9.17) is 9.05 Å². The molecule has 0 aromatic carbocycles. The van der Waals surface area contributed by atoms with Gasteiger partial charge >= 0.3 is 7.82 Å². The van der Waals surface area contributed by atoms with E-state index >= 15 is 0 Å². The molecular weight excluding hydrogens is 545 g/mol. The molecule has 0 aliphatic carbocycles. The minimum Gasteiger partial charge on any atom is -0.321 e. The van der Waals surface area contributed by atoms with Gasteiger partial charge in [0.2, 0.25) is 5.91 Å². The van der Waals surface area contributed by atoms with Crippen molar-refractivity contribution in [1.29, 1.82) is 5.26 Å². The van der Waals surface area contributed by atoms with Gasteiger partial charge in [-0.1, -0.05) is 6.08 Å². The third-order valence-corrected chi connectivity index (χ3v) is 7.06. The highest BCUT2D eigenvalue weighted by Crippen LogP contribution is 2.47. The zero-order chi connectivity index (χ0) is 29.6. The molecular formula is C28H30N7O5P. The molecule has 4 rings (SSSR count). The number of nitrogens with zero attached hydrogens (tertiary/aromatic N) is 6. The predicted molar refractivity (Wildman–Crippen MR) is 154 cm³/mol. The van der Waals surface area contributed by atoms with Gasteiger partial charge in [0.25, 0.3) is 0 Å². The number of phosphoric acid groups is 1. The van der Waals surface area contributed by atoms with Crippen LogP contribution in [0.3, 0.4) is 0 Å². The molecule has 0 radical (unpaired) electrons. The van der Waals surface area contributed by atoms with Crippen molar-refractivity contribution >= 4 is 30.5 Å². The zero-order valence-electron chi connectivity index (χ0n) is 23.1. The van der Waals surface area contributed by atoms with E-state index in [0.717, 1.165) is 0 Å². The van der Waals surface area contributed by atoms with Crippen LogP contribution in [0, 0.1) is 11.3 Å². The molecule has 12 nitrogen and oxygen atoms in total. The molecule has 0 bridgehead atoms. The normalized spacial score (nSPS) is 13.8. The summed E-state index contributed by atoms with van der Waals surface area (Å²) in [6.07, 6.45) is 10.5. The van der Waals surface area contributed by atoms with Crippen molar-refractivity contribution in [3.8, 4) is 28.3 Å². The van der Waals surface area contributed by atoms with Gasteiger partial charge in [-0.2, -0.15) is 5.26 Å². The quantitative estimate of drug-likeness (QED) is 0.189. The van der Waals surface area contributed by atoms with Crippen LogP contribution >= 0.6 is 7.82 Å². The van der Waals surface area contributed by atoms with Gasteiger partial charge in [-0.3, -0.25) is 18.8 Å². The van der Waals surface area contributed by atoms with Crippen LogP contribution in [0.5, 0.6) is 0 Å². The van der Waals surface area contributed by atoms with Crippen molar-refractivity contribution < 1.29 is 23.3 Å². The minimum atomic E-state index is -4.31. The van der Waals surface area contributed by atoms with E-state index in [9.17, 15) is 19.5 Å². The number of phosphoric ester groups is 1. The number of likely N-dealkylation sites (N-methyl/N-ethyl adjacent to an activating group) is 1. The molecule has 2 atom stereocenters. The number of hydrogen-bond donors (Lipinski definition) is 2. The molecule has 0 aliphatic heterocycles. The summed E-state index contributed by atoms with van der Waals surface area (Å²) in [5.41, 5.74) is 4.06. The van der Waals surface area contributed by atoms with Gasteiger partial charge in [0, 0.05) is 59.5 Å². The van der Waals surface area contributed by atoms with Gasteiger partial charge in [-0.25, -0.2) is 14.5 Å². The number of pyridine rings is 3. The van der Waals surface area contributed by atoms with Gasteiger partial charge in [-0.05, 0) is 57.8 Å². The van der Waals surface area contributed by atoms with Crippen LogP contribution in [0.1, 0.15) is 25.8 Å². The first kappa shape index (κ1) is 29.7. The number of nitriles is 1. The van der Waals surface area contributed by atoms with Gasteiger partial charge in [-0.15, -0.1) is 0 Å². The summed E-state index contributed by atoms with van der Waals surface area (Å²) < 4.78 is 24.2. The van der Waals surface area contributed by atoms with E-state index in [1.54, 1.807) is 67.5 Å². The number of anilines is 1. The summed E-state index contributed by atoms with van der Waals surface area (Å²) in [6.45, 7) is 3.85. The largest absolute Gasteiger partial charge is 0.474 e. The van der Waals surface area contributed by atoms with Crippen LogP contribution in [-0.2, 0) is 18.4 Å². The number of amides is 1. The molecule has 2 N–H and O–H groups in total. The molecule has 0 saturated heterocycles. The van der Waals surface area contributed by atoms with E-state index in [0.29, 0.717) is 45.5 Å². The van der Waals surface area contributed by atoms with Gasteiger partial charge in [0.15, 0.2) is 0 Å². The molecule has 1 amide bonds. The highest BCUT2D eigenvalue weighted by molar-refractivity contribution is 7.47. The van der Waals surface area contributed by atoms with Gasteiger partial charge < -0.3 is 19.7 Å². The molecule has 13 heteroatoms. The van der Waals surface area contributed by atoms with E-state index in [1.807, 2.05) is 31.1 Å². The Morgan fingerprint density at radius 3 is 2.73 bits per heavy atom. The van der Waals surface area contributed by atoms with E-state index in [2.05, 4.69) is 20.3 Å². The minimum absolute atomic E-state index is 0.00760. The zero-order valence-corrected chi connectivity index (χ0v) is 23.9. The highest BCUT2D eigenvalue weighted by atomic mass is 31.2. The van der Waals surface area contributed by atoms with Crippen LogP contribution in [0.4, 0.5) is 5.69 Å². The average Bonchev–Trinajstić information content (AvgIpc) is 3.32. The Kier molecular flexibility index (Phi) is 9.39.